The van der Waals surface area contributed by atoms with Gasteiger partial charge in [0.1, 0.15) is 24.4 Å². The van der Waals surface area contributed by atoms with E-state index in [1.165, 1.54) is 109 Å². The highest BCUT2D eigenvalue weighted by molar-refractivity contribution is 5.76. The van der Waals surface area contributed by atoms with Gasteiger partial charge in [-0.25, -0.2) is 0 Å². The Morgan fingerprint density at radius 2 is 1.16 bits per heavy atom. The van der Waals surface area contributed by atoms with Crippen molar-refractivity contribution in [2.75, 3.05) is 13.2 Å². The average molecular weight is 698 g/mol. The summed E-state index contributed by atoms with van der Waals surface area (Å²) in [6.07, 6.45) is 27.9. The minimum atomic E-state index is -1.57. The highest BCUT2D eigenvalue weighted by atomic mass is 16.7. The predicted molar refractivity (Wildman–Crippen MR) is 198 cm³/mol. The molecule has 1 aliphatic rings. The summed E-state index contributed by atoms with van der Waals surface area (Å²) in [6, 6.07) is -0.814. The van der Waals surface area contributed by atoms with E-state index >= 15 is 0 Å². The van der Waals surface area contributed by atoms with Gasteiger partial charge in [0.25, 0.3) is 0 Å². The van der Waals surface area contributed by atoms with Crippen molar-refractivity contribution in [3.63, 3.8) is 0 Å². The minimum absolute atomic E-state index is 0.190. The minimum Gasteiger partial charge on any atom is -0.394 e. The van der Waals surface area contributed by atoms with Crippen molar-refractivity contribution >= 4 is 5.91 Å². The lowest BCUT2D eigenvalue weighted by atomic mass is 9.99. The number of hydrogen-bond acceptors (Lipinski definition) is 8. The van der Waals surface area contributed by atoms with Crippen molar-refractivity contribution in [3.05, 3.63) is 24.3 Å². The average Bonchev–Trinajstić information content (AvgIpc) is 3.10. The van der Waals surface area contributed by atoms with E-state index in [9.17, 15) is 30.3 Å². The predicted octanol–water partition coefficient (Wildman–Crippen LogP) is 7.16. The molecule has 1 amide bonds. The molecule has 0 bridgehead atoms. The van der Waals surface area contributed by atoms with E-state index < -0.39 is 49.5 Å². The number of nitrogens with one attached hydrogen (secondary N) is 1. The van der Waals surface area contributed by atoms with Crippen molar-refractivity contribution in [2.45, 2.75) is 211 Å². The number of amides is 1. The molecule has 1 heterocycles. The van der Waals surface area contributed by atoms with Crippen molar-refractivity contribution < 1.29 is 39.8 Å². The van der Waals surface area contributed by atoms with Crippen LogP contribution in [0.1, 0.15) is 168 Å². The van der Waals surface area contributed by atoms with E-state index in [4.69, 9.17) is 9.47 Å². The second-order valence-corrected chi connectivity index (χ2v) is 14.1. The van der Waals surface area contributed by atoms with Crippen LogP contribution in [0.2, 0.25) is 0 Å². The molecule has 1 fully saturated rings. The van der Waals surface area contributed by atoms with Crippen LogP contribution in [-0.2, 0) is 14.3 Å². The molecule has 0 saturated carbocycles. The summed E-state index contributed by atoms with van der Waals surface area (Å²) >= 11 is 0. The van der Waals surface area contributed by atoms with Crippen molar-refractivity contribution in [2.24, 2.45) is 0 Å². The molecule has 288 valence electrons. The molecular formula is C40H75NO8. The van der Waals surface area contributed by atoms with Crippen LogP contribution in [0.5, 0.6) is 0 Å². The first-order valence-electron chi connectivity index (χ1n) is 20.1. The molecule has 0 spiro atoms. The Kier molecular flexibility index (Phi) is 29.3. The summed E-state index contributed by atoms with van der Waals surface area (Å²) in [7, 11) is 0. The van der Waals surface area contributed by atoms with Crippen molar-refractivity contribution in [1.29, 1.82) is 0 Å². The third kappa shape index (κ3) is 23.0. The summed E-state index contributed by atoms with van der Waals surface area (Å²) in [4.78, 5) is 12.8. The van der Waals surface area contributed by atoms with E-state index in [2.05, 4.69) is 31.3 Å². The maximum absolute atomic E-state index is 12.8. The number of carbonyl (C=O) groups excluding carboxylic acids is 1. The molecule has 0 aliphatic carbocycles. The van der Waals surface area contributed by atoms with Gasteiger partial charge in [0.2, 0.25) is 5.91 Å². The fourth-order valence-electron chi connectivity index (χ4n) is 6.23. The zero-order chi connectivity index (χ0) is 36.0. The van der Waals surface area contributed by atoms with Gasteiger partial charge in [0.15, 0.2) is 6.29 Å². The summed E-state index contributed by atoms with van der Waals surface area (Å²) < 4.78 is 11.1. The highest BCUT2D eigenvalue weighted by Gasteiger charge is 2.44. The van der Waals surface area contributed by atoms with E-state index in [0.717, 1.165) is 38.5 Å². The van der Waals surface area contributed by atoms with E-state index in [1.54, 1.807) is 6.08 Å². The Morgan fingerprint density at radius 1 is 0.673 bits per heavy atom. The molecule has 1 rings (SSSR count). The maximum Gasteiger partial charge on any atom is 0.220 e. The quantitative estimate of drug-likeness (QED) is 0.0320. The monoisotopic (exact) mass is 698 g/mol. The number of unbranched alkanes of at least 4 members (excludes halogenated alkanes) is 20. The Hall–Kier alpha value is -1.33. The van der Waals surface area contributed by atoms with Gasteiger partial charge < -0.3 is 40.3 Å². The van der Waals surface area contributed by atoms with Crippen LogP contribution in [0.4, 0.5) is 0 Å². The normalized spacial score (nSPS) is 22.6. The number of aliphatic hydroxyl groups is 5. The molecule has 49 heavy (non-hydrogen) atoms. The molecule has 2 unspecified atom stereocenters. The Morgan fingerprint density at radius 3 is 1.71 bits per heavy atom. The summed E-state index contributed by atoms with van der Waals surface area (Å²) in [6.45, 7) is 3.72. The molecule has 0 radical (unpaired) electrons. The number of allylic oxidation sites excluding steroid dienone is 3. The molecule has 0 aromatic heterocycles. The second kappa shape index (κ2) is 31.4. The Bertz CT molecular complexity index is 822. The first-order chi connectivity index (χ1) is 23.8. The van der Waals surface area contributed by atoms with Gasteiger partial charge in [-0.1, -0.05) is 154 Å². The number of carbonyl (C=O) groups is 1. The lowest BCUT2D eigenvalue weighted by Gasteiger charge is -2.40. The van der Waals surface area contributed by atoms with Crippen LogP contribution >= 0.6 is 0 Å². The van der Waals surface area contributed by atoms with Gasteiger partial charge in [0.05, 0.1) is 25.4 Å². The van der Waals surface area contributed by atoms with Crippen LogP contribution in [0.25, 0.3) is 0 Å². The first-order valence-corrected chi connectivity index (χ1v) is 20.1. The summed E-state index contributed by atoms with van der Waals surface area (Å²) in [5, 5.41) is 53.9. The largest absolute Gasteiger partial charge is 0.394 e. The molecule has 0 aromatic rings. The van der Waals surface area contributed by atoms with Gasteiger partial charge in [-0.15, -0.1) is 0 Å². The molecule has 6 N–H and O–H groups in total. The molecule has 7 atom stereocenters. The lowest BCUT2D eigenvalue weighted by molar-refractivity contribution is -0.302. The Balaban J connectivity index is 2.46. The lowest BCUT2D eigenvalue weighted by Crippen LogP contribution is -2.60. The van der Waals surface area contributed by atoms with E-state index in [-0.39, 0.29) is 12.5 Å². The molecule has 1 aliphatic heterocycles. The number of aliphatic hydroxyl groups excluding tert-OH is 5. The van der Waals surface area contributed by atoms with Crippen molar-refractivity contribution in [1.82, 2.24) is 5.32 Å². The molecule has 1 saturated heterocycles. The van der Waals surface area contributed by atoms with E-state index in [1.807, 2.05) is 6.08 Å². The van der Waals surface area contributed by atoms with Gasteiger partial charge in [-0.2, -0.15) is 0 Å². The van der Waals surface area contributed by atoms with Crippen molar-refractivity contribution in [3.8, 4) is 0 Å². The van der Waals surface area contributed by atoms with Crippen LogP contribution in [-0.4, -0.2) is 87.5 Å². The third-order valence-corrected chi connectivity index (χ3v) is 9.53. The number of ether oxygens (including phenoxy) is 2. The van der Waals surface area contributed by atoms with Crippen LogP contribution in [0.3, 0.4) is 0 Å². The van der Waals surface area contributed by atoms with Crippen LogP contribution < -0.4 is 5.32 Å². The van der Waals surface area contributed by atoms with E-state index in [0.29, 0.717) is 6.42 Å². The fraction of sp³-hybridized carbons (Fsp3) is 0.875. The van der Waals surface area contributed by atoms with Crippen LogP contribution in [0.15, 0.2) is 24.3 Å². The second-order valence-electron chi connectivity index (χ2n) is 14.1. The summed E-state index contributed by atoms with van der Waals surface area (Å²) in [5.74, 6) is -0.190. The topological polar surface area (TPSA) is 149 Å². The number of hydrogen-bond donors (Lipinski definition) is 6. The van der Waals surface area contributed by atoms with Gasteiger partial charge in [-0.05, 0) is 32.1 Å². The molecular weight excluding hydrogens is 622 g/mol. The maximum atomic E-state index is 12.8. The first kappa shape index (κ1) is 45.7. The zero-order valence-electron chi connectivity index (χ0n) is 31.2. The molecule has 9 nitrogen and oxygen atoms in total. The Labute approximate surface area is 298 Å². The van der Waals surface area contributed by atoms with Crippen LogP contribution in [0, 0.1) is 0 Å². The smallest absolute Gasteiger partial charge is 0.220 e. The highest BCUT2D eigenvalue weighted by Crippen LogP contribution is 2.22. The number of rotatable bonds is 32. The van der Waals surface area contributed by atoms with Gasteiger partial charge >= 0.3 is 0 Å². The molecule has 9 heteroatoms. The third-order valence-electron chi connectivity index (χ3n) is 9.53. The zero-order valence-corrected chi connectivity index (χ0v) is 31.2. The fourth-order valence-corrected chi connectivity index (χ4v) is 6.23. The molecule has 0 aromatic carbocycles. The SMILES string of the molecule is CCCCCCCCCCCC/C=C/CC/C=C/[C@@H](O)[C@H](CO[C@@H]1O[C@H](CO)[C@@H](O)C(O)C1O)NC(=O)CCCCCCCCCCCC. The standard InChI is InChI=1S/C40H75NO8/c1-3-5-7-9-11-13-15-16-17-18-19-20-21-23-25-27-29-34(43)33(32-48-40-39(47)38(46)37(45)35(31-42)49-40)41-36(44)30-28-26-24-22-14-12-10-8-6-4-2/h20-21,27,29,33-35,37-40,42-43,45-47H,3-19,22-26,28,30-32H2,1-2H3,(H,41,44)/b21-20+,29-27+/t33-,34+,35+,37+,38?,39?,40+/m0/s1. The van der Waals surface area contributed by atoms with Gasteiger partial charge in [-0.3, -0.25) is 4.79 Å². The summed E-state index contributed by atoms with van der Waals surface area (Å²) in [5.41, 5.74) is 0. The van der Waals surface area contributed by atoms with Gasteiger partial charge in [0, 0.05) is 6.42 Å².